The van der Waals surface area contributed by atoms with E-state index in [0.29, 0.717) is 19.1 Å². The van der Waals surface area contributed by atoms with E-state index in [4.69, 9.17) is 14.9 Å². The summed E-state index contributed by atoms with van der Waals surface area (Å²) in [5.41, 5.74) is 6.71. The van der Waals surface area contributed by atoms with Gasteiger partial charge in [-0.25, -0.2) is 0 Å². The standard InChI is InChI=1S/C15H21N3O2/c1-11(10-19-2)18-15(16)17-8-7-13-9-12-5-3-4-6-14(12)20-13/h3-6,9,11H,7-8,10H2,1-2H3,(H3,16,17,18). The van der Waals surface area contributed by atoms with Gasteiger partial charge in [-0.3, -0.25) is 4.99 Å². The SMILES string of the molecule is COCC(C)NC(N)=NCCc1cc2ccccc2o1. The summed E-state index contributed by atoms with van der Waals surface area (Å²) in [6, 6.07) is 10.2. The normalized spacial score (nSPS) is 13.6. The Morgan fingerprint density at radius 2 is 2.25 bits per heavy atom. The molecule has 1 heterocycles. The van der Waals surface area contributed by atoms with Crippen LogP contribution in [0.25, 0.3) is 11.0 Å². The molecular weight excluding hydrogens is 254 g/mol. The topological polar surface area (TPSA) is 72.8 Å². The van der Waals surface area contributed by atoms with Crippen LogP contribution in [0, 0.1) is 0 Å². The van der Waals surface area contributed by atoms with Crippen LogP contribution in [0.5, 0.6) is 0 Å². The van der Waals surface area contributed by atoms with Crippen LogP contribution in [-0.4, -0.2) is 32.3 Å². The van der Waals surface area contributed by atoms with Crippen molar-refractivity contribution in [3.63, 3.8) is 0 Å². The second kappa shape index (κ2) is 6.96. The third kappa shape index (κ3) is 3.99. The molecule has 2 rings (SSSR count). The zero-order valence-electron chi connectivity index (χ0n) is 11.9. The predicted octanol–water partition coefficient (Wildman–Crippen LogP) is 1.91. The van der Waals surface area contributed by atoms with Gasteiger partial charge in [0.2, 0.25) is 0 Å². The molecule has 20 heavy (non-hydrogen) atoms. The first-order valence-corrected chi connectivity index (χ1v) is 6.72. The lowest BCUT2D eigenvalue weighted by molar-refractivity contribution is 0.179. The Bertz CT molecular complexity index is 544. The number of hydrogen-bond acceptors (Lipinski definition) is 3. The molecule has 0 aliphatic rings. The molecule has 5 heteroatoms. The summed E-state index contributed by atoms with van der Waals surface area (Å²) in [5.74, 6) is 1.36. The third-order valence-electron chi connectivity index (χ3n) is 2.93. The third-order valence-corrected chi connectivity index (χ3v) is 2.93. The van der Waals surface area contributed by atoms with Crippen LogP contribution >= 0.6 is 0 Å². The lowest BCUT2D eigenvalue weighted by Crippen LogP contribution is -2.40. The number of rotatable bonds is 6. The van der Waals surface area contributed by atoms with Crippen molar-refractivity contribution in [2.24, 2.45) is 10.7 Å². The van der Waals surface area contributed by atoms with Crippen molar-refractivity contribution >= 4 is 16.9 Å². The molecule has 1 unspecified atom stereocenters. The average molecular weight is 275 g/mol. The van der Waals surface area contributed by atoms with Crippen LogP contribution < -0.4 is 11.1 Å². The summed E-state index contributed by atoms with van der Waals surface area (Å²) in [6.07, 6.45) is 0.732. The molecule has 0 amide bonds. The van der Waals surface area contributed by atoms with Gasteiger partial charge in [0.05, 0.1) is 6.61 Å². The molecular formula is C15H21N3O2. The maximum absolute atomic E-state index is 5.80. The summed E-state index contributed by atoms with van der Waals surface area (Å²) in [6.45, 7) is 3.18. The molecule has 3 N–H and O–H groups in total. The number of benzene rings is 1. The zero-order valence-corrected chi connectivity index (χ0v) is 11.9. The highest BCUT2D eigenvalue weighted by Gasteiger charge is 2.03. The maximum atomic E-state index is 5.80. The number of aliphatic imine (C=N–C) groups is 1. The van der Waals surface area contributed by atoms with Crippen molar-refractivity contribution in [2.75, 3.05) is 20.3 Å². The maximum Gasteiger partial charge on any atom is 0.188 e. The van der Waals surface area contributed by atoms with E-state index in [9.17, 15) is 0 Å². The van der Waals surface area contributed by atoms with Crippen molar-refractivity contribution in [2.45, 2.75) is 19.4 Å². The van der Waals surface area contributed by atoms with Crippen LogP contribution in [0.4, 0.5) is 0 Å². The van der Waals surface area contributed by atoms with Gasteiger partial charge in [0.25, 0.3) is 0 Å². The second-order valence-corrected chi connectivity index (χ2v) is 4.77. The Morgan fingerprint density at radius 1 is 1.45 bits per heavy atom. The summed E-state index contributed by atoms with van der Waals surface area (Å²) < 4.78 is 10.7. The van der Waals surface area contributed by atoms with E-state index in [1.165, 1.54) is 0 Å². The monoisotopic (exact) mass is 275 g/mol. The quantitative estimate of drug-likeness (QED) is 0.624. The van der Waals surface area contributed by atoms with Gasteiger partial charge in [-0.15, -0.1) is 0 Å². The van der Waals surface area contributed by atoms with Gasteiger partial charge in [0.1, 0.15) is 11.3 Å². The van der Waals surface area contributed by atoms with Crippen molar-refractivity contribution < 1.29 is 9.15 Å². The van der Waals surface area contributed by atoms with Gasteiger partial charge in [-0.1, -0.05) is 18.2 Å². The minimum atomic E-state index is 0.148. The molecule has 0 aliphatic carbocycles. The van der Waals surface area contributed by atoms with E-state index >= 15 is 0 Å². The first-order valence-electron chi connectivity index (χ1n) is 6.72. The van der Waals surface area contributed by atoms with Crippen LogP contribution in [0.3, 0.4) is 0 Å². The highest BCUT2D eigenvalue weighted by Crippen LogP contribution is 2.18. The number of nitrogens with two attached hydrogens (primary N) is 1. The molecule has 1 atom stereocenters. The largest absolute Gasteiger partial charge is 0.461 e. The number of nitrogens with zero attached hydrogens (tertiary/aromatic N) is 1. The first kappa shape index (κ1) is 14.4. The number of methoxy groups -OCH3 is 1. The number of nitrogens with one attached hydrogen (secondary N) is 1. The fraction of sp³-hybridized carbons (Fsp3) is 0.400. The highest BCUT2D eigenvalue weighted by atomic mass is 16.5. The lowest BCUT2D eigenvalue weighted by Gasteiger charge is -2.12. The smallest absolute Gasteiger partial charge is 0.188 e. The molecule has 0 radical (unpaired) electrons. The molecule has 108 valence electrons. The number of fused-ring (bicyclic) bond motifs is 1. The minimum Gasteiger partial charge on any atom is -0.461 e. The molecule has 0 spiro atoms. The first-order chi connectivity index (χ1) is 9.69. The summed E-state index contributed by atoms with van der Waals surface area (Å²) in [4.78, 5) is 4.28. The number of ether oxygens (including phenoxy) is 1. The molecule has 0 saturated heterocycles. The van der Waals surface area contributed by atoms with Gasteiger partial charge in [-0.2, -0.15) is 0 Å². The van der Waals surface area contributed by atoms with Crippen molar-refractivity contribution in [1.82, 2.24) is 5.32 Å². The van der Waals surface area contributed by atoms with Crippen LogP contribution in [0.15, 0.2) is 39.7 Å². The van der Waals surface area contributed by atoms with E-state index in [1.807, 2.05) is 37.3 Å². The van der Waals surface area contributed by atoms with E-state index < -0.39 is 0 Å². The number of furan rings is 1. The van der Waals surface area contributed by atoms with Gasteiger partial charge < -0.3 is 20.2 Å². The second-order valence-electron chi connectivity index (χ2n) is 4.77. The molecule has 5 nitrogen and oxygen atoms in total. The van der Waals surface area contributed by atoms with Gasteiger partial charge in [0, 0.05) is 31.5 Å². The van der Waals surface area contributed by atoms with Crippen molar-refractivity contribution in [3.05, 3.63) is 36.1 Å². The van der Waals surface area contributed by atoms with E-state index in [2.05, 4.69) is 10.3 Å². The Morgan fingerprint density at radius 3 is 3.00 bits per heavy atom. The minimum absolute atomic E-state index is 0.148. The Hall–Kier alpha value is -2.01. The van der Waals surface area contributed by atoms with Crippen LogP contribution in [-0.2, 0) is 11.2 Å². The fourth-order valence-electron chi connectivity index (χ4n) is 2.04. The number of hydrogen-bond donors (Lipinski definition) is 2. The molecule has 0 fully saturated rings. The van der Waals surface area contributed by atoms with Crippen LogP contribution in [0.1, 0.15) is 12.7 Å². The van der Waals surface area contributed by atoms with Gasteiger partial charge in [-0.05, 0) is 19.1 Å². The average Bonchev–Trinajstić information content (AvgIpc) is 2.81. The Balaban J connectivity index is 1.85. The Labute approximate surface area is 118 Å². The van der Waals surface area contributed by atoms with E-state index in [1.54, 1.807) is 7.11 Å². The predicted molar refractivity (Wildman–Crippen MR) is 80.9 cm³/mol. The molecule has 1 aromatic carbocycles. The van der Waals surface area contributed by atoms with Gasteiger partial charge >= 0.3 is 0 Å². The van der Waals surface area contributed by atoms with E-state index in [-0.39, 0.29) is 6.04 Å². The number of para-hydroxylation sites is 1. The molecule has 0 aliphatic heterocycles. The Kier molecular flexibility index (Phi) is 5.01. The van der Waals surface area contributed by atoms with Crippen molar-refractivity contribution in [1.29, 1.82) is 0 Å². The van der Waals surface area contributed by atoms with Crippen molar-refractivity contribution in [3.8, 4) is 0 Å². The lowest BCUT2D eigenvalue weighted by atomic mass is 10.2. The molecule has 1 aromatic heterocycles. The zero-order chi connectivity index (χ0) is 14.4. The molecule has 2 aromatic rings. The fourth-order valence-corrected chi connectivity index (χ4v) is 2.04. The van der Waals surface area contributed by atoms with Gasteiger partial charge in [0.15, 0.2) is 5.96 Å². The highest BCUT2D eigenvalue weighted by molar-refractivity contribution is 5.78. The number of guanidine groups is 1. The summed E-state index contributed by atoms with van der Waals surface area (Å²) in [7, 11) is 1.66. The van der Waals surface area contributed by atoms with E-state index in [0.717, 1.165) is 23.2 Å². The summed E-state index contributed by atoms with van der Waals surface area (Å²) >= 11 is 0. The molecule has 0 bridgehead atoms. The van der Waals surface area contributed by atoms with Crippen LogP contribution in [0.2, 0.25) is 0 Å². The summed E-state index contributed by atoms with van der Waals surface area (Å²) in [5, 5.41) is 4.18. The molecule has 0 saturated carbocycles.